The Morgan fingerprint density at radius 3 is 2.61 bits per heavy atom. The molecule has 0 saturated heterocycles. The van der Waals surface area contributed by atoms with E-state index in [1.54, 1.807) is 23.1 Å². The number of urea groups is 1. The molecular formula is C24H25FN4O3S. The molecule has 0 radical (unpaired) electrons. The van der Waals surface area contributed by atoms with Crippen LogP contribution in [0.15, 0.2) is 59.5 Å². The second-order valence-electron chi connectivity index (χ2n) is 7.59. The molecule has 2 aromatic rings. The van der Waals surface area contributed by atoms with E-state index in [9.17, 15) is 18.2 Å². The summed E-state index contributed by atoms with van der Waals surface area (Å²) < 4.78 is 26.0. The van der Waals surface area contributed by atoms with E-state index in [4.69, 9.17) is 5.26 Å². The molecule has 2 unspecified atom stereocenters. The van der Waals surface area contributed by atoms with Gasteiger partial charge in [-0.1, -0.05) is 42.5 Å². The lowest BCUT2D eigenvalue weighted by molar-refractivity contribution is -0.122. The van der Waals surface area contributed by atoms with E-state index in [2.05, 4.69) is 10.6 Å². The fraction of sp³-hybridized carbons (Fsp3) is 0.292. The molecule has 3 amide bonds. The van der Waals surface area contributed by atoms with Gasteiger partial charge in [0.15, 0.2) is 0 Å². The second kappa shape index (κ2) is 11.4. The molecule has 172 valence electrons. The number of carbonyl (C=O) groups excluding carboxylic acids is 2. The van der Waals surface area contributed by atoms with Gasteiger partial charge < -0.3 is 15.5 Å². The molecule has 2 N–H and O–H groups in total. The van der Waals surface area contributed by atoms with Crippen molar-refractivity contribution < 1.29 is 18.2 Å². The molecule has 3 rings (SSSR count). The van der Waals surface area contributed by atoms with Crippen LogP contribution >= 0.6 is 0 Å². The van der Waals surface area contributed by atoms with Gasteiger partial charge in [-0.3, -0.25) is 9.00 Å². The van der Waals surface area contributed by atoms with Gasteiger partial charge in [0.2, 0.25) is 5.91 Å². The van der Waals surface area contributed by atoms with Crippen molar-refractivity contribution in [3.63, 3.8) is 0 Å². The third-order valence-corrected chi connectivity index (χ3v) is 6.27. The van der Waals surface area contributed by atoms with Crippen molar-refractivity contribution in [1.29, 1.82) is 5.26 Å². The maximum atomic E-state index is 14.5. The van der Waals surface area contributed by atoms with Crippen molar-refractivity contribution >= 4 is 28.3 Å². The van der Waals surface area contributed by atoms with Crippen LogP contribution in [0.1, 0.15) is 17.5 Å². The smallest absolute Gasteiger partial charge is 0.318 e. The summed E-state index contributed by atoms with van der Waals surface area (Å²) in [4.78, 5) is 27.3. The second-order valence-corrected chi connectivity index (χ2v) is 8.97. The van der Waals surface area contributed by atoms with Crippen LogP contribution in [-0.4, -0.2) is 53.0 Å². The van der Waals surface area contributed by atoms with Crippen LogP contribution in [0.2, 0.25) is 0 Å². The molecule has 0 spiro atoms. The topological polar surface area (TPSA) is 102 Å². The molecule has 0 bridgehead atoms. The first kappa shape index (κ1) is 24.1. The molecule has 0 aromatic heterocycles. The highest BCUT2D eigenvalue weighted by atomic mass is 32.2. The van der Waals surface area contributed by atoms with E-state index in [-0.39, 0.29) is 19.5 Å². The summed E-state index contributed by atoms with van der Waals surface area (Å²) in [6.45, 7) is 0.474. The molecule has 33 heavy (non-hydrogen) atoms. The summed E-state index contributed by atoms with van der Waals surface area (Å²) in [6, 6.07) is 14.4. The normalized spacial score (nSPS) is 15.1. The average Bonchev–Trinajstić information content (AvgIpc) is 2.82. The number of nitrogens with one attached hydrogen (secondary N) is 2. The van der Waals surface area contributed by atoms with Gasteiger partial charge in [0.25, 0.3) is 0 Å². The largest absolute Gasteiger partial charge is 0.341 e. The Balaban J connectivity index is 1.67. The zero-order chi connectivity index (χ0) is 23.8. The van der Waals surface area contributed by atoms with Crippen LogP contribution in [0.25, 0.3) is 5.57 Å². The Morgan fingerprint density at radius 2 is 2.00 bits per heavy atom. The highest BCUT2D eigenvalue weighted by Crippen LogP contribution is 2.26. The summed E-state index contributed by atoms with van der Waals surface area (Å²) >= 11 is 0. The minimum absolute atomic E-state index is 0.147. The number of carbonyl (C=O) groups is 2. The number of amides is 3. The summed E-state index contributed by atoms with van der Waals surface area (Å²) in [5.74, 6) is -0.874. The zero-order valence-corrected chi connectivity index (χ0v) is 19.0. The average molecular weight is 469 g/mol. The van der Waals surface area contributed by atoms with Gasteiger partial charge in [-0.2, -0.15) is 5.26 Å². The van der Waals surface area contributed by atoms with Crippen LogP contribution in [0, 0.1) is 17.1 Å². The SMILES string of the molecule is CS(=O)c1ccc(C2=CCN(C(=O)NC(Cc3ccccc3)C(=O)NCC#N)CC2)c(F)c1. The van der Waals surface area contributed by atoms with E-state index < -0.39 is 34.6 Å². The minimum Gasteiger partial charge on any atom is -0.341 e. The van der Waals surface area contributed by atoms with Crippen LogP contribution in [0.3, 0.4) is 0 Å². The number of nitrogens with zero attached hydrogens (tertiary/aromatic N) is 2. The summed E-state index contributed by atoms with van der Waals surface area (Å²) in [6.07, 6.45) is 4.01. The molecule has 1 aliphatic heterocycles. The lowest BCUT2D eigenvalue weighted by Crippen LogP contribution is -2.52. The monoisotopic (exact) mass is 468 g/mol. The summed E-state index contributed by atoms with van der Waals surface area (Å²) in [5, 5.41) is 14.0. The van der Waals surface area contributed by atoms with Gasteiger partial charge in [0, 0.05) is 47.0 Å². The molecule has 0 aliphatic carbocycles. The standard InChI is InChI=1S/C24H25FN4O3S/c1-33(32)19-7-8-20(21(25)16-19)18-9-13-29(14-10-18)24(31)28-22(23(30)27-12-11-26)15-17-5-3-2-4-6-17/h2-9,16,22H,10,12-15H2,1H3,(H,27,30)(H,28,31). The van der Waals surface area contributed by atoms with E-state index in [1.165, 1.54) is 12.3 Å². The number of benzene rings is 2. The molecule has 0 fully saturated rings. The van der Waals surface area contributed by atoms with Crippen molar-refractivity contribution in [3.05, 3.63) is 71.6 Å². The van der Waals surface area contributed by atoms with E-state index in [0.29, 0.717) is 23.4 Å². The van der Waals surface area contributed by atoms with Crippen molar-refractivity contribution in [2.24, 2.45) is 0 Å². The Morgan fingerprint density at radius 1 is 1.24 bits per heavy atom. The van der Waals surface area contributed by atoms with Gasteiger partial charge in [0.1, 0.15) is 18.4 Å². The molecule has 2 atom stereocenters. The zero-order valence-electron chi connectivity index (χ0n) is 18.2. The number of nitriles is 1. The first-order valence-electron chi connectivity index (χ1n) is 10.5. The molecule has 2 aromatic carbocycles. The Kier molecular flexibility index (Phi) is 8.33. The number of hydrogen-bond donors (Lipinski definition) is 2. The highest BCUT2D eigenvalue weighted by Gasteiger charge is 2.25. The van der Waals surface area contributed by atoms with Crippen molar-refractivity contribution in [3.8, 4) is 6.07 Å². The summed E-state index contributed by atoms with van der Waals surface area (Å²) in [7, 11) is -1.26. The molecule has 0 saturated carbocycles. The number of halogens is 1. The third kappa shape index (κ3) is 6.49. The predicted molar refractivity (Wildman–Crippen MR) is 124 cm³/mol. The van der Waals surface area contributed by atoms with Crippen LogP contribution in [0.4, 0.5) is 9.18 Å². The predicted octanol–water partition coefficient (Wildman–Crippen LogP) is 2.61. The first-order chi connectivity index (χ1) is 15.9. The third-order valence-electron chi connectivity index (χ3n) is 5.35. The lowest BCUT2D eigenvalue weighted by Gasteiger charge is -2.29. The van der Waals surface area contributed by atoms with Crippen LogP contribution in [0.5, 0.6) is 0 Å². The maximum absolute atomic E-state index is 14.5. The van der Waals surface area contributed by atoms with E-state index >= 15 is 0 Å². The van der Waals surface area contributed by atoms with Crippen LogP contribution < -0.4 is 10.6 Å². The quantitative estimate of drug-likeness (QED) is 0.610. The molecule has 9 heteroatoms. The lowest BCUT2D eigenvalue weighted by atomic mass is 9.99. The van der Waals surface area contributed by atoms with Crippen molar-refractivity contribution in [2.75, 3.05) is 25.9 Å². The molecule has 7 nitrogen and oxygen atoms in total. The fourth-order valence-electron chi connectivity index (χ4n) is 3.58. The van der Waals surface area contributed by atoms with E-state index in [1.807, 2.05) is 36.4 Å². The Labute approximate surface area is 194 Å². The van der Waals surface area contributed by atoms with Gasteiger partial charge in [0.05, 0.1) is 6.07 Å². The number of rotatable bonds is 7. The van der Waals surface area contributed by atoms with Crippen LogP contribution in [-0.2, 0) is 22.0 Å². The Bertz CT molecular complexity index is 1110. The highest BCUT2D eigenvalue weighted by molar-refractivity contribution is 7.84. The molecule has 1 heterocycles. The van der Waals surface area contributed by atoms with Gasteiger partial charge in [-0.15, -0.1) is 0 Å². The Hall–Kier alpha value is -3.51. The minimum atomic E-state index is -1.26. The van der Waals surface area contributed by atoms with Gasteiger partial charge >= 0.3 is 6.03 Å². The fourth-order valence-corrected chi connectivity index (χ4v) is 4.11. The molecule has 1 aliphatic rings. The van der Waals surface area contributed by atoms with Crippen molar-refractivity contribution in [2.45, 2.75) is 23.8 Å². The van der Waals surface area contributed by atoms with Gasteiger partial charge in [-0.25, -0.2) is 9.18 Å². The first-order valence-corrected chi connectivity index (χ1v) is 12.0. The summed E-state index contributed by atoms with van der Waals surface area (Å²) in [5.41, 5.74) is 2.09. The van der Waals surface area contributed by atoms with E-state index in [0.717, 1.165) is 11.1 Å². The number of hydrogen-bond acceptors (Lipinski definition) is 4. The maximum Gasteiger partial charge on any atom is 0.318 e. The van der Waals surface area contributed by atoms with Gasteiger partial charge in [-0.05, 0) is 29.7 Å². The van der Waals surface area contributed by atoms with Crippen molar-refractivity contribution in [1.82, 2.24) is 15.5 Å². The molecular weight excluding hydrogens is 443 g/mol.